The lowest BCUT2D eigenvalue weighted by molar-refractivity contribution is -0.455. The molecule has 0 saturated carbocycles. The van der Waals surface area contributed by atoms with Gasteiger partial charge in [0.2, 0.25) is 5.69 Å². The normalized spacial score (nSPS) is 17.3. The monoisotopic (exact) mass is 854 g/mol. The number of rotatable bonds is 10. The summed E-state index contributed by atoms with van der Waals surface area (Å²) in [6.07, 6.45) is 15.3. The van der Waals surface area contributed by atoms with E-state index >= 15 is 0 Å². The van der Waals surface area contributed by atoms with E-state index in [0.29, 0.717) is 0 Å². The average molecular weight is 855 g/mol. The molecule has 4 aromatic rings. The molecule has 0 aliphatic carbocycles. The van der Waals surface area contributed by atoms with Gasteiger partial charge in [0.15, 0.2) is 12.3 Å². The molecule has 0 atom stereocenters. The maximum atomic E-state index is 11.8. The Balaban J connectivity index is 0.000000352. The van der Waals surface area contributed by atoms with Crippen molar-refractivity contribution >= 4 is 36.8 Å². The smallest absolute Gasteiger partial charge is 0.340 e. The van der Waals surface area contributed by atoms with E-state index < -0.39 is 35.3 Å². The SMILES string of the molecule is CC1(C)C(/C=C/C=C/C=C/C=C2/N(Cc3ccccc3)c3ccccc3C2(C)C)=[N+](Cc2ccccc2)c2ccccc21.C[C-](S(=O)(=O)C(F)(F)F)S(=O)(=O)C(F)(F)F. The van der Waals surface area contributed by atoms with Crippen LogP contribution in [0.2, 0.25) is 0 Å². The third-order valence-electron chi connectivity index (χ3n) is 10.3. The maximum Gasteiger partial charge on any atom is 0.469 e. The zero-order chi connectivity index (χ0) is 43.4. The Bertz CT molecular complexity index is 2480. The van der Waals surface area contributed by atoms with Crippen LogP contribution in [0.25, 0.3) is 0 Å². The molecule has 2 aliphatic rings. The van der Waals surface area contributed by atoms with Gasteiger partial charge in [-0.3, -0.25) is 16.8 Å². The molecule has 0 fully saturated rings. The summed E-state index contributed by atoms with van der Waals surface area (Å²) in [7, 11) is -13.0. The standard InChI is InChI=1S/C41H41N2.C4H3F6O4S2/c1-40(2)34-24-16-18-26-36(34)42(30-32-20-10-8-11-21-32)38(40)28-14-6-5-7-15-29-39-41(3,4)35-25-17-19-27-37(35)43(39)31-33-22-12-9-13-23-33;1-2(15(11,12)3(5,6)7)16(13,14)4(8,9)10/h5-29H,30-31H2,1-4H3;1H3/q+1;-1. The quantitative estimate of drug-likeness (QED) is 0.0687. The van der Waals surface area contributed by atoms with Crippen LogP contribution in [0.15, 0.2) is 157 Å². The molecule has 0 spiro atoms. The topological polar surface area (TPSA) is 74.5 Å². The Morgan fingerprint density at radius 3 is 1.66 bits per heavy atom. The lowest BCUT2D eigenvalue weighted by Gasteiger charge is -2.27. The molecule has 4 aromatic carbocycles. The summed E-state index contributed by atoms with van der Waals surface area (Å²) in [4.78, 5) is 2.47. The number of allylic oxidation sites excluding steroid dienone is 8. The van der Waals surface area contributed by atoms with E-state index in [1.54, 1.807) is 0 Å². The first-order chi connectivity index (χ1) is 27.5. The predicted molar refractivity (Wildman–Crippen MR) is 221 cm³/mol. The van der Waals surface area contributed by atoms with Crippen molar-refractivity contribution in [2.75, 3.05) is 4.90 Å². The molecule has 0 unspecified atom stereocenters. The molecule has 0 aromatic heterocycles. The molecule has 0 amide bonds. The van der Waals surface area contributed by atoms with Gasteiger partial charge < -0.3 is 4.90 Å². The molecule has 2 heterocycles. The number of fused-ring (bicyclic) bond motifs is 2. The molecule has 0 N–H and O–H groups in total. The Morgan fingerprint density at radius 2 is 1.08 bits per heavy atom. The predicted octanol–water partition coefficient (Wildman–Crippen LogP) is 11.2. The van der Waals surface area contributed by atoms with Crippen molar-refractivity contribution in [1.82, 2.24) is 0 Å². The number of hydrogen-bond donors (Lipinski definition) is 0. The van der Waals surface area contributed by atoms with Gasteiger partial charge in [0.05, 0.1) is 5.41 Å². The Labute approximate surface area is 342 Å². The molecule has 312 valence electrons. The molecule has 2 aliphatic heterocycles. The van der Waals surface area contributed by atoms with Crippen LogP contribution in [0.5, 0.6) is 0 Å². The van der Waals surface area contributed by atoms with E-state index in [9.17, 15) is 43.2 Å². The zero-order valence-electron chi connectivity index (χ0n) is 33.0. The second kappa shape index (κ2) is 17.2. The van der Waals surface area contributed by atoms with Gasteiger partial charge >= 0.3 is 11.0 Å². The van der Waals surface area contributed by atoms with E-state index in [4.69, 9.17) is 0 Å². The van der Waals surface area contributed by atoms with Crippen LogP contribution in [-0.4, -0.2) is 38.1 Å². The number of sulfone groups is 2. The Hall–Kier alpha value is -5.21. The lowest BCUT2D eigenvalue weighted by atomic mass is 9.81. The number of alkyl halides is 6. The summed E-state index contributed by atoms with van der Waals surface area (Å²) in [5, 5.41) is 0. The highest BCUT2D eigenvalue weighted by Gasteiger charge is 2.52. The highest BCUT2D eigenvalue weighted by Crippen LogP contribution is 2.48. The largest absolute Gasteiger partial charge is 0.469 e. The van der Waals surface area contributed by atoms with Gasteiger partial charge in [0.25, 0.3) is 0 Å². The summed E-state index contributed by atoms with van der Waals surface area (Å²) in [5.74, 6) is 0. The number of nitrogens with zero attached hydrogens (tertiary/aromatic N) is 2. The first kappa shape index (κ1) is 44.9. The highest BCUT2D eigenvalue weighted by atomic mass is 32.3. The van der Waals surface area contributed by atoms with Crippen LogP contribution in [0.4, 0.5) is 37.7 Å². The van der Waals surface area contributed by atoms with Gasteiger partial charge in [-0.05, 0) is 37.1 Å². The summed E-state index contributed by atoms with van der Waals surface area (Å²) in [6, 6.07) is 39.1. The fraction of sp³-hybridized carbons (Fsp3) is 0.244. The third-order valence-corrected chi connectivity index (χ3v) is 14.3. The van der Waals surface area contributed by atoms with E-state index in [2.05, 4.69) is 189 Å². The van der Waals surface area contributed by atoms with E-state index in [1.807, 2.05) is 0 Å². The van der Waals surface area contributed by atoms with E-state index in [-0.39, 0.29) is 17.8 Å². The van der Waals surface area contributed by atoms with Crippen molar-refractivity contribution in [3.05, 3.63) is 184 Å². The van der Waals surface area contributed by atoms with Crippen molar-refractivity contribution in [3.8, 4) is 0 Å². The molecule has 14 heteroatoms. The zero-order valence-corrected chi connectivity index (χ0v) is 34.6. The Morgan fingerprint density at radius 1 is 0.610 bits per heavy atom. The second-order valence-electron chi connectivity index (χ2n) is 14.9. The van der Waals surface area contributed by atoms with Crippen molar-refractivity contribution in [3.63, 3.8) is 0 Å². The van der Waals surface area contributed by atoms with Gasteiger partial charge in [-0.2, -0.15) is 37.8 Å². The summed E-state index contributed by atoms with van der Waals surface area (Å²) in [5.41, 5.74) is -1.74. The summed E-state index contributed by atoms with van der Waals surface area (Å²) < 4.78 is 112. The number of hydrogen-bond acceptors (Lipinski definition) is 5. The van der Waals surface area contributed by atoms with Crippen molar-refractivity contribution in [1.29, 1.82) is 0 Å². The van der Waals surface area contributed by atoms with Crippen molar-refractivity contribution in [2.45, 2.75) is 69.6 Å². The average Bonchev–Trinajstić information content (AvgIpc) is 3.52. The summed E-state index contributed by atoms with van der Waals surface area (Å²) in [6.45, 7) is 10.8. The van der Waals surface area contributed by atoms with Crippen LogP contribution >= 0.6 is 0 Å². The van der Waals surface area contributed by atoms with Crippen LogP contribution in [0.1, 0.15) is 56.9 Å². The number of benzene rings is 4. The summed E-state index contributed by atoms with van der Waals surface area (Å²) >= 11 is 0. The van der Waals surface area contributed by atoms with Gasteiger partial charge in [-0.25, -0.2) is 0 Å². The molecular formula is C45H44F6N2O4S2. The van der Waals surface area contributed by atoms with Crippen LogP contribution in [-0.2, 0) is 43.6 Å². The van der Waals surface area contributed by atoms with Gasteiger partial charge in [-0.15, -0.1) is 0 Å². The van der Waals surface area contributed by atoms with E-state index in [0.717, 1.165) is 13.1 Å². The Kier molecular flexibility index (Phi) is 13.1. The third kappa shape index (κ3) is 9.33. The van der Waals surface area contributed by atoms with E-state index in [1.165, 1.54) is 45.0 Å². The molecule has 0 bridgehead atoms. The number of halogens is 6. The van der Waals surface area contributed by atoms with Crippen LogP contribution in [0, 0.1) is 4.58 Å². The molecule has 0 radical (unpaired) electrons. The second-order valence-corrected chi connectivity index (χ2v) is 19.3. The lowest BCUT2D eigenvalue weighted by Crippen LogP contribution is -2.37. The van der Waals surface area contributed by atoms with Gasteiger partial charge in [0.1, 0.15) is 19.7 Å². The highest BCUT2D eigenvalue weighted by molar-refractivity contribution is 8.13. The number of para-hydroxylation sites is 2. The fourth-order valence-electron chi connectivity index (χ4n) is 7.11. The molecule has 6 nitrogen and oxygen atoms in total. The van der Waals surface area contributed by atoms with Gasteiger partial charge in [0, 0.05) is 46.6 Å². The van der Waals surface area contributed by atoms with Crippen molar-refractivity contribution < 1.29 is 47.8 Å². The number of anilines is 1. The fourth-order valence-corrected chi connectivity index (χ4v) is 9.49. The van der Waals surface area contributed by atoms with Crippen LogP contribution in [0.3, 0.4) is 0 Å². The first-order valence-corrected chi connectivity index (χ1v) is 21.4. The minimum Gasteiger partial charge on any atom is -0.340 e. The maximum absolute atomic E-state index is 11.8. The van der Waals surface area contributed by atoms with Gasteiger partial charge in [-0.1, -0.05) is 146 Å². The minimum absolute atomic E-state index is 0.0682. The molecule has 0 saturated heterocycles. The van der Waals surface area contributed by atoms with Crippen molar-refractivity contribution in [2.24, 2.45) is 0 Å². The minimum atomic E-state index is -6.51. The first-order valence-electron chi connectivity index (χ1n) is 18.4. The van der Waals surface area contributed by atoms with Crippen LogP contribution < -0.4 is 4.90 Å². The molecule has 6 rings (SSSR count). The molecule has 59 heavy (non-hydrogen) atoms. The molecular weight excluding hydrogens is 811 g/mol.